The van der Waals surface area contributed by atoms with Crippen molar-refractivity contribution >= 4 is 5.84 Å². The van der Waals surface area contributed by atoms with E-state index in [1.807, 2.05) is 0 Å². The SMILES string of the molecule is N=C(N)c1ccc(OCC2CCCC2)cc1C(F)(F)F. The Morgan fingerprint density at radius 1 is 1.30 bits per heavy atom. The van der Waals surface area contributed by atoms with Gasteiger partial charge in [-0.15, -0.1) is 0 Å². The Morgan fingerprint density at radius 2 is 1.95 bits per heavy atom. The molecule has 20 heavy (non-hydrogen) atoms. The lowest BCUT2D eigenvalue weighted by Crippen LogP contribution is -2.19. The van der Waals surface area contributed by atoms with E-state index in [1.165, 1.54) is 12.1 Å². The van der Waals surface area contributed by atoms with Crippen molar-refractivity contribution in [1.29, 1.82) is 5.41 Å². The van der Waals surface area contributed by atoms with Crippen LogP contribution in [0.3, 0.4) is 0 Å². The van der Waals surface area contributed by atoms with E-state index >= 15 is 0 Å². The number of benzene rings is 1. The smallest absolute Gasteiger partial charge is 0.417 e. The minimum absolute atomic E-state index is 0.175. The van der Waals surface area contributed by atoms with E-state index in [0.29, 0.717) is 12.5 Å². The summed E-state index contributed by atoms with van der Waals surface area (Å²) >= 11 is 0. The molecule has 1 aliphatic rings. The van der Waals surface area contributed by atoms with Gasteiger partial charge in [0.05, 0.1) is 12.2 Å². The van der Waals surface area contributed by atoms with Crippen LogP contribution in [-0.2, 0) is 6.18 Å². The zero-order chi connectivity index (χ0) is 14.8. The maximum absolute atomic E-state index is 12.9. The Labute approximate surface area is 115 Å². The van der Waals surface area contributed by atoms with Crippen LogP contribution in [0.5, 0.6) is 5.75 Å². The highest BCUT2D eigenvalue weighted by atomic mass is 19.4. The number of nitrogens with one attached hydrogen (secondary N) is 1. The molecule has 2 rings (SSSR count). The minimum atomic E-state index is -4.55. The molecular formula is C14H17F3N2O. The fraction of sp³-hybridized carbons (Fsp3) is 0.500. The third-order valence-corrected chi connectivity index (χ3v) is 3.55. The van der Waals surface area contributed by atoms with Gasteiger partial charge >= 0.3 is 6.18 Å². The molecule has 0 aromatic heterocycles. The van der Waals surface area contributed by atoms with Crippen LogP contribution in [0.2, 0.25) is 0 Å². The zero-order valence-electron chi connectivity index (χ0n) is 11.0. The molecule has 1 aromatic carbocycles. The van der Waals surface area contributed by atoms with E-state index in [0.717, 1.165) is 31.7 Å². The molecule has 1 aromatic rings. The van der Waals surface area contributed by atoms with Gasteiger partial charge in [0.25, 0.3) is 0 Å². The van der Waals surface area contributed by atoms with E-state index < -0.39 is 17.6 Å². The molecule has 1 aliphatic carbocycles. The fourth-order valence-corrected chi connectivity index (χ4v) is 2.47. The summed E-state index contributed by atoms with van der Waals surface area (Å²) in [7, 11) is 0. The largest absolute Gasteiger partial charge is 0.493 e. The van der Waals surface area contributed by atoms with Gasteiger partial charge in [-0.2, -0.15) is 13.2 Å². The van der Waals surface area contributed by atoms with Crippen LogP contribution in [0.4, 0.5) is 13.2 Å². The van der Waals surface area contributed by atoms with Gasteiger partial charge in [-0.25, -0.2) is 0 Å². The molecule has 0 bridgehead atoms. The van der Waals surface area contributed by atoms with Crippen LogP contribution >= 0.6 is 0 Å². The molecule has 0 saturated heterocycles. The van der Waals surface area contributed by atoms with E-state index in [9.17, 15) is 13.2 Å². The van der Waals surface area contributed by atoms with Crippen LogP contribution in [0, 0.1) is 11.3 Å². The van der Waals surface area contributed by atoms with Gasteiger partial charge in [0.2, 0.25) is 0 Å². The lowest BCUT2D eigenvalue weighted by atomic mass is 10.1. The number of hydrogen-bond donors (Lipinski definition) is 2. The van der Waals surface area contributed by atoms with Crippen molar-refractivity contribution in [2.75, 3.05) is 6.61 Å². The van der Waals surface area contributed by atoms with Crippen LogP contribution < -0.4 is 10.5 Å². The second kappa shape index (κ2) is 5.73. The van der Waals surface area contributed by atoms with Crippen molar-refractivity contribution in [3.05, 3.63) is 29.3 Å². The number of hydrogen-bond acceptors (Lipinski definition) is 2. The highest BCUT2D eigenvalue weighted by molar-refractivity contribution is 5.96. The predicted molar refractivity (Wildman–Crippen MR) is 69.9 cm³/mol. The number of nitrogen functional groups attached to an aromatic ring is 1. The number of amidine groups is 1. The Morgan fingerprint density at radius 3 is 2.50 bits per heavy atom. The number of ether oxygens (including phenoxy) is 1. The average molecular weight is 286 g/mol. The van der Waals surface area contributed by atoms with Gasteiger partial charge in [-0.3, -0.25) is 5.41 Å². The van der Waals surface area contributed by atoms with Crippen LogP contribution in [0.1, 0.15) is 36.8 Å². The fourth-order valence-electron chi connectivity index (χ4n) is 2.47. The molecule has 0 atom stereocenters. The first-order chi connectivity index (χ1) is 9.38. The third-order valence-electron chi connectivity index (χ3n) is 3.55. The molecule has 3 nitrogen and oxygen atoms in total. The molecule has 0 heterocycles. The maximum atomic E-state index is 12.9. The van der Waals surface area contributed by atoms with E-state index in [2.05, 4.69) is 0 Å². The molecule has 1 fully saturated rings. The van der Waals surface area contributed by atoms with Gasteiger partial charge in [-0.05, 0) is 37.0 Å². The average Bonchev–Trinajstić information content (AvgIpc) is 2.88. The van der Waals surface area contributed by atoms with Crippen molar-refractivity contribution in [3.8, 4) is 5.75 Å². The quantitative estimate of drug-likeness (QED) is 0.656. The van der Waals surface area contributed by atoms with Gasteiger partial charge in [0.15, 0.2) is 0 Å². The van der Waals surface area contributed by atoms with E-state index in [4.69, 9.17) is 15.9 Å². The molecule has 0 amide bonds. The van der Waals surface area contributed by atoms with Gasteiger partial charge in [0, 0.05) is 5.56 Å². The van der Waals surface area contributed by atoms with Crippen molar-refractivity contribution in [1.82, 2.24) is 0 Å². The van der Waals surface area contributed by atoms with Crippen molar-refractivity contribution in [2.24, 2.45) is 11.7 Å². The monoisotopic (exact) mass is 286 g/mol. The van der Waals surface area contributed by atoms with Crippen molar-refractivity contribution < 1.29 is 17.9 Å². The first kappa shape index (κ1) is 14.7. The van der Waals surface area contributed by atoms with E-state index in [-0.39, 0.29) is 11.3 Å². The summed E-state index contributed by atoms with van der Waals surface area (Å²) in [6, 6.07) is 3.54. The predicted octanol–water partition coefficient (Wildman–Crippen LogP) is 3.56. The molecule has 0 unspecified atom stereocenters. The standard InChI is InChI=1S/C14H17F3N2O/c15-14(16,17)12-7-10(5-6-11(12)13(18)19)20-8-9-3-1-2-4-9/h5-7,9H,1-4,8H2,(H3,18,19). The normalized spacial score (nSPS) is 16.4. The highest BCUT2D eigenvalue weighted by Gasteiger charge is 2.34. The van der Waals surface area contributed by atoms with Gasteiger partial charge in [0.1, 0.15) is 11.6 Å². The molecule has 3 N–H and O–H groups in total. The Hall–Kier alpha value is -1.72. The van der Waals surface area contributed by atoms with E-state index in [1.54, 1.807) is 0 Å². The summed E-state index contributed by atoms with van der Waals surface area (Å²) in [5.74, 6) is 0.00529. The van der Waals surface area contributed by atoms with Crippen LogP contribution in [0.15, 0.2) is 18.2 Å². The van der Waals surface area contributed by atoms with Crippen molar-refractivity contribution in [2.45, 2.75) is 31.9 Å². The van der Waals surface area contributed by atoms with Crippen molar-refractivity contribution in [3.63, 3.8) is 0 Å². The summed E-state index contributed by atoms with van der Waals surface area (Å²) in [6.45, 7) is 0.441. The molecule has 6 heteroatoms. The summed E-state index contributed by atoms with van der Waals surface area (Å²) in [4.78, 5) is 0. The molecule has 0 aliphatic heterocycles. The molecule has 0 spiro atoms. The first-order valence-electron chi connectivity index (χ1n) is 6.56. The second-order valence-electron chi connectivity index (χ2n) is 5.08. The number of nitrogens with two attached hydrogens (primary N) is 1. The molecule has 0 radical (unpaired) electrons. The summed E-state index contributed by atoms with van der Waals surface area (Å²) in [6.07, 6.45) is -0.0980. The second-order valence-corrected chi connectivity index (χ2v) is 5.08. The van der Waals surface area contributed by atoms with Crippen LogP contribution in [0.25, 0.3) is 0 Å². The first-order valence-corrected chi connectivity index (χ1v) is 6.56. The number of rotatable bonds is 4. The third kappa shape index (κ3) is 3.43. The summed E-state index contributed by atoms with van der Waals surface area (Å²) in [5, 5.41) is 7.20. The molecule has 1 saturated carbocycles. The molecule has 110 valence electrons. The highest BCUT2D eigenvalue weighted by Crippen LogP contribution is 2.34. The zero-order valence-corrected chi connectivity index (χ0v) is 11.0. The lowest BCUT2D eigenvalue weighted by Gasteiger charge is -2.15. The number of halogens is 3. The van der Waals surface area contributed by atoms with Gasteiger partial charge < -0.3 is 10.5 Å². The minimum Gasteiger partial charge on any atom is -0.493 e. The topological polar surface area (TPSA) is 59.1 Å². The van der Waals surface area contributed by atoms with Crippen LogP contribution in [-0.4, -0.2) is 12.4 Å². The Kier molecular flexibility index (Phi) is 4.20. The Bertz CT molecular complexity index is 494. The van der Waals surface area contributed by atoms with Gasteiger partial charge in [-0.1, -0.05) is 12.8 Å². The summed E-state index contributed by atoms with van der Waals surface area (Å²) in [5.41, 5.74) is 3.94. The maximum Gasteiger partial charge on any atom is 0.417 e. The number of alkyl halides is 3. The summed E-state index contributed by atoms with van der Waals surface area (Å²) < 4.78 is 44.2. The Balaban J connectivity index is 2.16. The lowest BCUT2D eigenvalue weighted by molar-refractivity contribution is -0.137. The molecular weight excluding hydrogens is 269 g/mol.